The van der Waals surface area contributed by atoms with E-state index in [-0.39, 0.29) is 25.2 Å². The van der Waals surface area contributed by atoms with E-state index in [2.05, 4.69) is 81.5 Å². The van der Waals surface area contributed by atoms with Crippen LogP contribution in [-0.2, 0) is 23.8 Å². The van der Waals surface area contributed by atoms with Gasteiger partial charge in [0.1, 0.15) is 6.61 Å². The second-order valence-corrected chi connectivity index (χ2v) is 19.2. The molecule has 0 aliphatic heterocycles. The maximum atomic E-state index is 12.8. The lowest BCUT2D eigenvalue weighted by molar-refractivity contribution is -0.163. The average Bonchev–Trinajstić information content (AvgIpc) is 3.32. The molecule has 0 amide bonds. The summed E-state index contributed by atoms with van der Waals surface area (Å²) in [5.74, 6) is -0.450. The molecule has 0 bridgehead atoms. The van der Waals surface area contributed by atoms with Crippen molar-refractivity contribution in [3.8, 4) is 0 Å². The van der Waals surface area contributed by atoms with Crippen LogP contribution in [0.15, 0.2) is 60.8 Å². The topological polar surface area (TPSA) is 61.8 Å². The first-order valence-electron chi connectivity index (χ1n) is 28.8. The molecule has 1 atom stereocenters. The highest BCUT2D eigenvalue weighted by Gasteiger charge is 2.17. The van der Waals surface area contributed by atoms with E-state index in [0.29, 0.717) is 19.4 Å². The summed E-state index contributed by atoms with van der Waals surface area (Å²) in [5.41, 5.74) is 0. The Morgan fingerprint density at radius 3 is 1.08 bits per heavy atom. The molecule has 0 fully saturated rings. The van der Waals surface area contributed by atoms with Crippen molar-refractivity contribution in [2.24, 2.45) is 0 Å². The maximum absolute atomic E-state index is 12.8. The van der Waals surface area contributed by atoms with E-state index >= 15 is 0 Å². The highest BCUT2D eigenvalue weighted by atomic mass is 16.6. The summed E-state index contributed by atoms with van der Waals surface area (Å²) in [6.07, 6.45) is 72.5. The largest absolute Gasteiger partial charge is 0.462 e. The van der Waals surface area contributed by atoms with Crippen molar-refractivity contribution in [2.45, 2.75) is 297 Å². The SMILES string of the molecule is CC/C=C\C/C=C\C/C=C\C/C=C\C/C=C\CCCC(=O)OCC(COCCCCCCCCCCCCCCCCCCCCCC)OC(=O)CCCCCCCCCCCCCCC. The van der Waals surface area contributed by atoms with Gasteiger partial charge in [0.15, 0.2) is 6.10 Å². The third-order valence-corrected chi connectivity index (χ3v) is 12.6. The summed E-state index contributed by atoms with van der Waals surface area (Å²) in [5, 5.41) is 0. The van der Waals surface area contributed by atoms with E-state index in [9.17, 15) is 9.59 Å². The van der Waals surface area contributed by atoms with E-state index in [0.717, 1.165) is 70.6 Å². The second-order valence-electron chi connectivity index (χ2n) is 19.2. The Labute approximate surface area is 411 Å². The number of hydrogen-bond acceptors (Lipinski definition) is 5. The molecule has 0 aromatic carbocycles. The number of carbonyl (C=O) groups is 2. The van der Waals surface area contributed by atoms with Crippen molar-refractivity contribution in [3.05, 3.63) is 60.8 Å². The lowest BCUT2D eigenvalue weighted by Crippen LogP contribution is -2.30. The summed E-state index contributed by atoms with van der Waals surface area (Å²) in [4.78, 5) is 25.5. The Hall–Kier alpha value is -2.40. The van der Waals surface area contributed by atoms with Gasteiger partial charge in [0, 0.05) is 19.4 Å². The van der Waals surface area contributed by atoms with Crippen molar-refractivity contribution in [3.63, 3.8) is 0 Å². The molecule has 0 aliphatic rings. The molecular weight excluding hydrogens is 813 g/mol. The van der Waals surface area contributed by atoms with E-state index in [1.54, 1.807) is 0 Å². The fourth-order valence-corrected chi connectivity index (χ4v) is 8.31. The fourth-order valence-electron chi connectivity index (χ4n) is 8.31. The molecule has 0 saturated carbocycles. The van der Waals surface area contributed by atoms with Crippen molar-refractivity contribution < 1.29 is 23.8 Å². The van der Waals surface area contributed by atoms with Gasteiger partial charge in [-0.15, -0.1) is 0 Å². The van der Waals surface area contributed by atoms with Gasteiger partial charge in [-0.05, 0) is 57.8 Å². The Kier molecular flexibility index (Phi) is 54.9. The van der Waals surface area contributed by atoms with E-state index in [1.807, 2.05) is 0 Å². The number of rotatable bonds is 53. The predicted molar refractivity (Wildman–Crippen MR) is 288 cm³/mol. The lowest BCUT2D eigenvalue weighted by Gasteiger charge is -2.18. The van der Waals surface area contributed by atoms with Crippen molar-refractivity contribution >= 4 is 11.9 Å². The van der Waals surface area contributed by atoms with Gasteiger partial charge < -0.3 is 14.2 Å². The van der Waals surface area contributed by atoms with E-state index in [1.165, 1.54) is 186 Å². The normalized spacial score (nSPS) is 12.6. The molecule has 0 rings (SSSR count). The minimum absolute atomic E-state index is 0.0596. The first-order valence-corrected chi connectivity index (χ1v) is 28.8. The van der Waals surface area contributed by atoms with Crippen LogP contribution in [-0.4, -0.2) is 37.9 Å². The highest BCUT2D eigenvalue weighted by Crippen LogP contribution is 2.16. The van der Waals surface area contributed by atoms with Gasteiger partial charge in [0.05, 0.1) is 6.61 Å². The Morgan fingerprint density at radius 2 is 0.682 bits per heavy atom. The predicted octanol–water partition coefficient (Wildman–Crippen LogP) is 19.7. The smallest absolute Gasteiger partial charge is 0.306 e. The number of allylic oxidation sites excluding steroid dienone is 10. The molecule has 5 heteroatoms. The Bertz CT molecular complexity index is 1130. The van der Waals surface area contributed by atoms with Crippen molar-refractivity contribution in [1.29, 1.82) is 0 Å². The molecule has 5 nitrogen and oxygen atoms in total. The van der Waals surface area contributed by atoms with Gasteiger partial charge >= 0.3 is 11.9 Å². The van der Waals surface area contributed by atoms with E-state index < -0.39 is 6.10 Å². The third-order valence-electron chi connectivity index (χ3n) is 12.6. The molecule has 0 N–H and O–H groups in total. The Balaban J connectivity index is 4.28. The quantitative estimate of drug-likeness (QED) is 0.0346. The number of carbonyl (C=O) groups excluding carboxylic acids is 2. The fraction of sp³-hybridized carbons (Fsp3) is 0.803. The molecule has 1 unspecified atom stereocenters. The van der Waals surface area contributed by atoms with Gasteiger partial charge in [-0.2, -0.15) is 0 Å². The summed E-state index contributed by atoms with van der Waals surface area (Å²) in [6, 6.07) is 0. The van der Waals surface area contributed by atoms with E-state index in [4.69, 9.17) is 14.2 Å². The van der Waals surface area contributed by atoms with Crippen LogP contribution in [0.2, 0.25) is 0 Å². The number of unbranched alkanes of at least 4 members (excludes halogenated alkanes) is 32. The first kappa shape index (κ1) is 63.6. The van der Waals surface area contributed by atoms with Gasteiger partial charge in [0.25, 0.3) is 0 Å². The molecule has 0 spiro atoms. The molecule has 66 heavy (non-hydrogen) atoms. The van der Waals surface area contributed by atoms with Crippen LogP contribution >= 0.6 is 0 Å². The standard InChI is InChI=1S/C61H110O5/c1-4-7-10-13-16-19-22-25-27-29-30-31-33-35-38-41-44-47-50-53-56-64-57-59(66-61(63)55-52-49-46-43-40-36-24-21-18-15-12-9-6-3)58-65-60(62)54-51-48-45-42-39-37-34-32-28-26-23-20-17-14-11-8-5-2/h8,11,17,20,26,28,34,37,42,45,59H,4-7,9-10,12-16,18-19,21-25,27,29-33,35-36,38-41,43-44,46-58H2,1-3H3/b11-8-,20-17-,28-26-,37-34-,45-42-. The zero-order valence-corrected chi connectivity index (χ0v) is 44.2. The second kappa shape index (κ2) is 56.9. The lowest BCUT2D eigenvalue weighted by atomic mass is 10.0. The molecule has 0 heterocycles. The molecular formula is C61H110O5. The highest BCUT2D eigenvalue weighted by molar-refractivity contribution is 5.70. The minimum Gasteiger partial charge on any atom is -0.462 e. The zero-order valence-electron chi connectivity index (χ0n) is 44.2. The molecule has 384 valence electrons. The molecule has 0 aromatic rings. The van der Waals surface area contributed by atoms with Gasteiger partial charge in [-0.1, -0.05) is 281 Å². The van der Waals surface area contributed by atoms with Gasteiger partial charge in [-0.3, -0.25) is 9.59 Å². The summed E-state index contributed by atoms with van der Waals surface area (Å²) < 4.78 is 17.4. The maximum Gasteiger partial charge on any atom is 0.306 e. The van der Waals surface area contributed by atoms with Gasteiger partial charge in [0.2, 0.25) is 0 Å². The first-order chi connectivity index (χ1) is 32.6. The number of esters is 2. The summed E-state index contributed by atoms with van der Waals surface area (Å²) in [6.45, 7) is 7.71. The number of hydrogen-bond donors (Lipinski definition) is 0. The van der Waals surface area contributed by atoms with Crippen LogP contribution in [0.25, 0.3) is 0 Å². The molecule has 0 saturated heterocycles. The monoisotopic (exact) mass is 923 g/mol. The average molecular weight is 924 g/mol. The summed E-state index contributed by atoms with van der Waals surface area (Å²) in [7, 11) is 0. The van der Waals surface area contributed by atoms with Crippen LogP contribution in [0.3, 0.4) is 0 Å². The summed E-state index contributed by atoms with van der Waals surface area (Å²) >= 11 is 0. The molecule has 0 radical (unpaired) electrons. The van der Waals surface area contributed by atoms with Crippen LogP contribution in [0.4, 0.5) is 0 Å². The molecule has 0 aromatic heterocycles. The minimum atomic E-state index is -0.556. The third kappa shape index (κ3) is 54.2. The van der Waals surface area contributed by atoms with Crippen molar-refractivity contribution in [2.75, 3.05) is 19.8 Å². The van der Waals surface area contributed by atoms with Gasteiger partial charge in [-0.25, -0.2) is 0 Å². The van der Waals surface area contributed by atoms with Crippen LogP contribution in [0.1, 0.15) is 290 Å². The van der Waals surface area contributed by atoms with Crippen LogP contribution in [0, 0.1) is 0 Å². The van der Waals surface area contributed by atoms with Crippen LogP contribution in [0.5, 0.6) is 0 Å². The number of ether oxygens (including phenoxy) is 3. The zero-order chi connectivity index (χ0) is 47.7. The molecule has 0 aliphatic carbocycles. The Morgan fingerprint density at radius 1 is 0.348 bits per heavy atom. The van der Waals surface area contributed by atoms with Crippen molar-refractivity contribution in [1.82, 2.24) is 0 Å². The van der Waals surface area contributed by atoms with Crippen LogP contribution < -0.4 is 0 Å².